The molecule has 0 radical (unpaired) electrons. The van der Waals surface area contributed by atoms with Gasteiger partial charge in [0.1, 0.15) is 0 Å². The van der Waals surface area contributed by atoms with Gasteiger partial charge in [0.15, 0.2) is 0 Å². The zero-order valence-corrected chi connectivity index (χ0v) is 14.4. The molecule has 1 aliphatic carbocycles. The summed E-state index contributed by atoms with van der Waals surface area (Å²) >= 11 is 3.69. The third-order valence-electron chi connectivity index (χ3n) is 4.65. The smallest absolute Gasteiger partial charge is 0.0507 e. The first kappa shape index (κ1) is 16.0. The summed E-state index contributed by atoms with van der Waals surface area (Å²) < 4.78 is 1.16. The molecule has 1 aliphatic rings. The van der Waals surface area contributed by atoms with Crippen molar-refractivity contribution >= 4 is 15.9 Å². The Morgan fingerprint density at radius 1 is 1.30 bits per heavy atom. The van der Waals surface area contributed by atoms with Crippen LogP contribution in [0.2, 0.25) is 0 Å². The molecule has 1 saturated carbocycles. The molecule has 20 heavy (non-hydrogen) atoms. The number of hydrogen-bond acceptors (Lipinski definition) is 2. The maximum Gasteiger partial charge on any atom is 0.0507 e. The number of benzene rings is 1. The van der Waals surface area contributed by atoms with Gasteiger partial charge in [-0.15, -0.1) is 0 Å². The minimum absolute atomic E-state index is 0.121. The Morgan fingerprint density at radius 2 is 2.00 bits per heavy atom. The van der Waals surface area contributed by atoms with Crippen molar-refractivity contribution in [2.45, 2.75) is 57.7 Å². The largest absolute Gasteiger partial charge is 0.326 e. The molecule has 0 spiro atoms. The summed E-state index contributed by atoms with van der Waals surface area (Å²) in [4.78, 5) is 2.51. The fourth-order valence-electron chi connectivity index (χ4n) is 3.59. The van der Waals surface area contributed by atoms with Crippen molar-refractivity contribution in [2.24, 2.45) is 11.7 Å². The Balaban J connectivity index is 2.22. The van der Waals surface area contributed by atoms with Crippen LogP contribution in [0.25, 0.3) is 0 Å². The highest BCUT2D eigenvalue weighted by Gasteiger charge is 2.30. The summed E-state index contributed by atoms with van der Waals surface area (Å²) in [6, 6.07) is 9.53. The Hall–Kier alpha value is -0.380. The third kappa shape index (κ3) is 3.63. The van der Waals surface area contributed by atoms with E-state index in [0.29, 0.717) is 6.04 Å². The molecule has 0 bridgehead atoms. The summed E-state index contributed by atoms with van der Waals surface area (Å²) in [7, 11) is 2.25. The van der Waals surface area contributed by atoms with Gasteiger partial charge in [0.2, 0.25) is 0 Å². The molecule has 4 unspecified atom stereocenters. The van der Waals surface area contributed by atoms with Crippen LogP contribution in [0.4, 0.5) is 0 Å². The predicted octanol–water partition coefficient (Wildman–Crippen LogP) is 4.35. The lowest BCUT2D eigenvalue weighted by atomic mass is 9.85. The average molecular weight is 339 g/mol. The lowest BCUT2D eigenvalue weighted by Crippen LogP contribution is -2.44. The van der Waals surface area contributed by atoms with Crippen molar-refractivity contribution in [3.05, 3.63) is 34.3 Å². The predicted molar refractivity (Wildman–Crippen MR) is 89.7 cm³/mol. The van der Waals surface area contributed by atoms with Crippen LogP contribution in [-0.4, -0.2) is 24.0 Å². The van der Waals surface area contributed by atoms with Gasteiger partial charge in [-0.05, 0) is 44.4 Å². The first-order valence-corrected chi connectivity index (χ1v) is 8.52. The highest BCUT2D eigenvalue weighted by molar-refractivity contribution is 9.10. The van der Waals surface area contributed by atoms with Gasteiger partial charge in [0, 0.05) is 16.6 Å². The average Bonchev–Trinajstić information content (AvgIpc) is 2.40. The van der Waals surface area contributed by atoms with Gasteiger partial charge >= 0.3 is 0 Å². The first-order valence-electron chi connectivity index (χ1n) is 7.72. The van der Waals surface area contributed by atoms with Crippen LogP contribution >= 0.6 is 15.9 Å². The number of rotatable bonds is 4. The van der Waals surface area contributed by atoms with Crippen molar-refractivity contribution in [1.82, 2.24) is 4.90 Å². The number of nitrogens with two attached hydrogens (primary N) is 1. The lowest BCUT2D eigenvalue weighted by Gasteiger charge is -2.41. The summed E-state index contributed by atoms with van der Waals surface area (Å²) in [5.74, 6) is 0.837. The molecule has 0 amide bonds. The van der Waals surface area contributed by atoms with E-state index in [1.165, 1.54) is 31.2 Å². The van der Waals surface area contributed by atoms with Crippen molar-refractivity contribution in [1.29, 1.82) is 0 Å². The molecule has 0 heterocycles. The standard InChI is InChI=1S/C17H27BrN2/c1-12-7-6-8-14(11-12)20(3)17(13(2)19)15-9-4-5-10-16(15)18/h4-5,9-10,12-14,17H,6-8,11,19H2,1-3H3. The van der Waals surface area contributed by atoms with Crippen molar-refractivity contribution in [3.8, 4) is 0 Å². The Labute approximate surface area is 131 Å². The normalized spacial score (nSPS) is 26.5. The molecule has 2 N–H and O–H groups in total. The van der Waals surface area contributed by atoms with Gasteiger partial charge in [-0.3, -0.25) is 4.90 Å². The molecule has 1 aromatic carbocycles. The lowest BCUT2D eigenvalue weighted by molar-refractivity contribution is 0.106. The molecule has 1 aromatic rings. The van der Waals surface area contributed by atoms with Crippen LogP contribution in [0, 0.1) is 5.92 Å². The van der Waals surface area contributed by atoms with Crippen molar-refractivity contribution in [3.63, 3.8) is 0 Å². The number of hydrogen-bond donors (Lipinski definition) is 1. The molecule has 0 aromatic heterocycles. The van der Waals surface area contributed by atoms with Crippen molar-refractivity contribution < 1.29 is 0 Å². The maximum atomic E-state index is 6.32. The number of likely N-dealkylation sites (N-methyl/N-ethyl adjacent to an activating group) is 1. The van der Waals surface area contributed by atoms with Gasteiger partial charge in [0.05, 0.1) is 6.04 Å². The van der Waals surface area contributed by atoms with Gasteiger partial charge in [-0.1, -0.05) is 53.9 Å². The Bertz CT molecular complexity index is 433. The van der Waals surface area contributed by atoms with E-state index in [-0.39, 0.29) is 12.1 Å². The topological polar surface area (TPSA) is 29.3 Å². The zero-order valence-electron chi connectivity index (χ0n) is 12.8. The van der Waals surface area contributed by atoms with E-state index in [2.05, 4.69) is 66.0 Å². The molecule has 1 fully saturated rings. The fraction of sp³-hybridized carbons (Fsp3) is 0.647. The van der Waals surface area contributed by atoms with E-state index < -0.39 is 0 Å². The Kier molecular flexibility index (Phi) is 5.65. The van der Waals surface area contributed by atoms with Crippen LogP contribution in [0.1, 0.15) is 51.1 Å². The monoisotopic (exact) mass is 338 g/mol. The second kappa shape index (κ2) is 7.06. The molecular weight excluding hydrogens is 312 g/mol. The molecule has 0 saturated heterocycles. The van der Waals surface area contributed by atoms with Gasteiger partial charge in [-0.2, -0.15) is 0 Å². The third-order valence-corrected chi connectivity index (χ3v) is 5.37. The summed E-state index contributed by atoms with van der Waals surface area (Å²) in [6.07, 6.45) is 5.32. The minimum atomic E-state index is 0.121. The molecule has 2 rings (SSSR count). The van der Waals surface area contributed by atoms with E-state index in [9.17, 15) is 0 Å². The van der Waals surface area contributed by atoms with Crippen LogP contribution in [0.5, 0.6) is 0 Å². The van der Waals surface area contributed by atoms with Crippen LogP contribution in [0.15, 0.2) is 28.7 Å². The molecule has 112 valence electrons. The van der Waals surface area contributed by atoms with Crippen LogP contribution in [0.3, 0.4) is 0 Å². The van der Waals surface area contributed by atoms with Crippen molar-refractivity contribution in [2.75, 3.05) is 7.05 Å². The second-order valence-electron chi connectivity index (χ2n) is 6.42. The van der Waals surface area contributed by atoms with E-state index in [0.717, 1.165) is 10.4 Å². The molecule has 2 nitrogen and oxygen atoms in total. The highest BCUT2D eigenvalue weighted by atomic mass is 79.9. The SMILES string of the molecule is CC1CCCC(N(C)C(c2ccccc2Br)C(C)N)C1. The summed E-state index contributed by atoms with van der Waals surface area (Å²) in [6.45, 7) is 4.49. The summed E-state index contributed by atoms with van der Waals surface area (Å²) in [5, 5.41) is 0. The van der Waals surface area contributed by atoms with Gasteiger partial charge in [-0.25, -0.2) is 0 Å². The molecule has 3 heteroatoms. The van der Waals surface area contributed by atoms with E-state index >= 15 is 0 Å². The van der Waals surface area contributed by atoms with E-state index in [1.807, 2.05) is 0 Å². The second-order valence-corrected chi connectivity index (χ2v) is 7.27. The molecular formula is C17H27BrN2. The quantitative estimate of drug-likeness (QED) is 0.884. The Morgan fingerprint density at radius 3 is 2.60 bits per heavy atom. The highest BCUT2D eigenvalue weighted by Crippen LogP contribution is 2.35. The van der Waals surface area contributed by atoms with Crippen LogP contribution < -0.4 is 5.73 Å². The van der Waals surface area contributed by atoms with E-state index in [4.69, 9.17) is 5.73 Å². The minimum Gasteiger partial charge on any atom is -0.326 e. The zero-order chi connectivity index (χ0) is 14.7. The van der Waals surface area contributed by atoms with Gasteiger partial charge < -0.3 is 5.73 Å². The van der Waals surface area contributed by atoms with Gasteiger partial charge in [0.25, 0.3) is 0 Å². The fourth-order valence-corrected chi connectivity index (χ4v) is 4.11. The summed E-state index contributed by atoms with van der Waals surface area (Å²) in [5.41, 5.74) is 7.63. The van der Waals surface area contributed by atoms with Crippen LogP contribution in [-0.2, 0) is 0 Å². The first-order chi connectivity index (χ1) is 9.50. The molecule has 0 aliphatic heterocycles. The maximum absolute atomic E-state index is 6.32. The number of halogens is 1. The van der Waals surface area contributed by atoms with E-state index in [1.54, 1.807) is 0 Å². The molecule has 4 atom stereocenters. The number of nitrogens with zero attached hydrogens (tertiary/aromatic N) is 1.